The van der Waals surface area contributed by atoms with Crippen LogP contribution in [-0.4, -0.2) is 22.2 Å². The maximum absolute atomic E-state index is 13.3. The predicted molar refractivity (Wildman–Crippen MR) is 93.5 cm³/mol. The van der Waals surface area contributed by atoms with Gasteiger partial charge in [-0.3, -0.25) is 4.79 Å². The number of nitrogens with zero attached hydrogens (tertiary/aromatic N) is 1. The molecule has 23 heavy (non-hydrogen) atoms. The molecule has 2 aliphatic carbocycles. The summed E-state index contributed by atoms with van der Waals surface area (Å²) in [5, 5.41) is 0.347. The quantitative estimate of drug-likeness (QED) is 0.625. The zero-order valence-corrected chi connectivity index (χ0v) is 14.3. The van der Waals surface area contributed by atoms with E-state index in [2.05, 4.69) is 17.0 Å². The van der Waals surface area contributed by atoms with Crippen molar-refractivity contribution in [1.82, 2.24) is 4.90 Å². The van der Waals surface area contributed by atoms with E-state index in [1.165, 1.54) is 56.3 Å². The Labute approximate surface area is 142 Å². The number of carbonyl (C=O) groups is 1. The van der Waals surface area contributed by atoms with Gasteiger partial charge in [0.25, 0.3) is 5.91 Å². The van der Waals surface area contributed by atoms with Crippen molar-refractivity contribution in [1.29, 1.82) is 0 Å². The summed E-state index contributed by atoms with van der Waals surface area (Å²) in [6, 6.07) is 8.62. The van der Waals surface area contributed by atoms with E-state index >= 15 is 0 Å². The average molecular weight is 325 g/mol. The monoisotopic (exact) mass is 325 g/mol. The van der Waals surface area contributed by atoms with E-state index in [4.69, 9.17) is 0 Å². The Bertz CT molecular complexity index is 695. The molecule has 2 heterocycles. The Morgan fingerprint density at radius 2 is 1.74 bits per heavy atom. The number of fused-ring (bicyclic) bond motifs is 6. The van der Waals surface area contributed by atoms with Gasteiger partial charge in [-0.1, -0.05) is 42.3 Å². The van der Waals surface area contributed by atoms with Gasteiger partial charge in [-0.15, -0.1) is 0 Å². The van der Waals surface area contributed by atoms with Crippen LogP contribution >= 0.6 is 11.8 Å². The molecule has 0 bridgehead atoms. The second-order valence-corrected chi connectivity index (χ2v) is 8.54. The number of amides is 1. The van der Waals surface area contributed by atoms with E-state index in [1.807, 2.05) is 23.9 Å². The summed E-state index contributed by atoms with van der Waals surface area (Å²) < 4.78 is 0. The van der Waals surface area contributed by atoms with Crippen LogP contribution in [0.15, 0.2) is 40.3 Å². The summed E-state index contributed by atoms with van der Waals surface area (Å²) in [7, 11) is 0. The normalized spacial score (nSPS) is 32.8. The predicted octanol–water partition coefficient (Wildman–Crippen LogP) is 5.00. The van der Waals surface area contributed by atoms with Gasteiger partial charge in [-0.25, -0.2) is 0 Å². The second-order valence-electron chi connectivity index (χ2n) is 7.38. The lowest BCUT2D eigenvalue weighted by Gasteiger charge is -2.53. The van der Waals surface area contributed by atoms with Gasteiger partial charge in [-0.2, -0.15) is 0 Å². The van der Waals surface area contributed by atoms with Crippen LogP contribution in [0.2, 0.25) is 0 Å². The first-order valence-electron chi connectivity index (χ1n) is 9.15. The highest BCUT2D eigenvalue weighted by Gasteiger charge is 2.48. The van der Waals surface area contributed by atoms with E-state index in [0.717, 1.165) is 5.56 Å². The van der Waals surface area contributed by atoms with Gasteiger partial charge in [0, 0.05) is 10.8 Å². The highest BCUT2D eigenvalue weighted by molar-refractivity contribution is 8.00. The molecule has 0 saturated heterocycles. The molecular weight excluding hydrogens is 302 g/mol. The third-order valence-corrected chi connectivity index (χ3v) is 7.61. The average Bonchev–Trinajstić information content (AvgIpc) is 2.62. The van der Waals surface area contributed by atoms with Gasteiger partial charge in [-0.05, 0) is 56.2 Å². The van der Waals surface area contributed by atoms with E-state index < -0.39 is 0 Å². The molecule has 1 aromatic rings. The third-order valence-electron chi connectivity index (χ3n) is 6.20. The van der Waals surface area contributed by atoms with Crippen LogP contribution in [0, 0.1) is 5.92 Å². The lowest BCUT2D eigenvalue weighted by atomic mass is 9.72. The van der Waals surface area contributed by atoms with Crippen molar-refractivity contribution in [3.05, 3.63) is 41.0 Å². The molecule has 0 radical (unpaired) electrons. The van der Waals surface area contributed by atoms with Gasteiger partial charge in [0.1, 0.15) is 0 Å². The van der Waals surface area contributed by atoms with Crippen molar-refractivity contribution in [2.45, 2.75) is 67.7 Å². The van der Waals surface area contributed by atoms with E-state index in [9.17, 15) is 4.79 Å². The zero-order valence-electron chi connectivity index (χ0n) is 13.5. The molecule has 0 aromatic heterocycles. The Kier molecular flexibility index (Phi) is 3.33. The number of hydrogen-bond acceptors (Lipinski definition) is 2. The molecule has 2 fully saturated rings. The summed E-state index contributed by atoms with van der Waals surface area (Å²) in [5.41, 5.74) is 4.34. The van der Waals surface area contributed by atoms with Crippen molar-refractivity contribution in [3.63, 3.8) is 0 Å². The molecule has 0 N–H and O–H groups in total. The number of rotatable bonds is 0. The van der Waals surface area contributed by atoms with Crippen molar-refractivity contribution in [2.75, 3.05) is 0 Å². The summed E-state index contributed by atoms with van der Waals surface area (Å²) in [5.74, 6) is 0.897. The minimum atomic E-state index is 0.290. The van der Waals surface area contributed by atoms with Crippen LogP contribution in [-0.2, 0) is 0 Å². The molecule has 1 aromatic carbocycles. The van der Waals surface area contributed by atoms with Crippen molar-refractivity contribution in [2.24, 2.45) is 5.92 Å². The SMILES string of the molecule is O=C1c2ccccc2SC2[C@H]3CCCCC3=C3CCCC[C@H]3N12. The third kappa shape index (κ3) is 2.05. The van der Waals surface area contributed by atoms with Crippen LogP contribution in [0.4, 0.5) is 0 Å². The number of benzene rings is 1. The van der Waals surface area contributed by atoms with Crippen molar-refractivity contribution in [3.8, 4) is 0 Å². The summed E-state index contributed by atoms with van der Waals surface area (Å²) >= 11 is 1.96. The maximum Gasteiger partial charge on any atom is 0.256 e. The Morgan fingerprint density at radius 1 is 0.957 bits per heavy atom. The Morgan fingerprint density at radius 3 is 2.65 bits per heavy atom. The maximum atomic E-state index is 13.3. The van der Waals surface area contributed by atoms with E-state index in [0.29, 0.717) is 23.2 Å². The lowest BCUT2D eigenvalue weighted by Crippen LogP contribution is -2.56. The van der Waals surface area contributed by atoms with Crippen molar-refractivity contribution < 1.29 is 4.79 Å². The summed E-state index contributed by atoms with van der Waals surface area (Å²) in [6.07, 6.45) is 10.2. The fourth-order valence-corrected chi connectivity index (χ4v) is 6.73. The van der Waals surface area contributed by atoms with E-state index in [-0.39, 0.29) is 0 Å². The van der Waals surface area contributed by atoms with Crippen LogP contribution in [0.5, 0.6) is 0 Å². The Balaban J connectivity index is 1.65. The van der Waals surface area contributed by atoms with Crippen LogP contribution < -0.4 is 0 Å². The smallest absolute Gasteiger partial charge is 0.256 e. The first-order valence-corrected chi connectivity index (χ1v) is 10.0. The first kappa shape index (κ1) is 14.2. The molecule has 0 spiro atoms. The molecule has 2 nitrogen and oxygen atoms in total. The number of thioether (sulfide) groups is 1. The molecule has 4 aliphatic rings. The zero-order chi connectivity index (χ0) is 15.4. The largest absolute Gasteiger partial charge is 0.319 e. The minimum Gasteiger partial charge on any atom is -0.319 e. The molecule has 2 aliphatic heterocycles. The van der Waals surface area contributed by atoms with E-state index in [1.54, 1.807) is 11.1 Å². The molecule has 2 saturated carbocycles. The molecule has 120 valence electrons. The molecule has 1 amide bonds. The highest BCUT2D eigenvalue weighted by Crippen LogP contribution is 2.52. The fraction of sp³-hybridized carbons (Fsp3) is 0.550. The number of hydrogen-bond donors (Lipinski definition) is 0. The van der Waals surface area contributed by atoms with Gasteiger partial charge in [0.15, 0.2) is 0 Å². The molecule has 1 unspecified atom stereocenters. The first-order chi connectivity index (χ1) is 11.3. The van der Waals surface area contributed by atoms with Gasteiger partial charge < -0.3 is 4.90 Å². The van der Waals surface area contributed by atoms with Gasteiger partial charge >= 0.3 is 0 Å². The molecular formula is C20H23NOS. The topological polar surface area (TPSA) is 20.3 Å². The molecule has 5 rings (SSSR count). The summed E-state index contributed by atoms with van der Waals surface area (Å²) in [4.78, 5) is 16.8. The van der Waals surface area contributed by atoms with Crippen LogP contribution in [0.3, 0.4) is 0 Å². The van der Waals surface area contributed by atoms with Crippen LogP contribution in [0.25, 0.3) is 0 Å². The standard InChI is InChI=1S/C20H23NOS/c22-19-16-10-4-6-12-18(16)23-20-15-9-2-1-7-13(15)14-8-3-5-11-17(14)21(19)20/h4,6,10,12,15,17,20H,1-3,5,7-9,11H2/t15-,17+,20?/m0/s1. The van der Waals surface area contributed by atoms with Gasteiger partial charge in [0.05, 0.1) is 17.0 Å². The molecule has 3 heteroatoms. The van der Waals surface area contributed by atoms with Crippen LogP contribution in [0.1, 0.15) is 61.7 Å². The summed E-state index contributed by atoms with van der Waals surface area (Å²) in [6.45, 7) is 0. The Hall–Kier alpha value is -1.22. The fourth-order valence-electron chi connectivity index (χ4n) is 5.21. The van der Waals surface area contributed by atoms with Gasteiger partial charge in [0.2, 0.25) is 0 Å². The van der Waals surface area contributed by atoms with Crippen molar-refractivity contribution >= 4 is 17.7 Å². The molecule has 3 atom stereocenters. The lowest BCUT2D eigenvalue weighted by molar-refractivity contribution is 0.0555. The second kappa shape index (κ2) is 5.41. The highest BCUT2D eigenvalue weighted by atomic mass is 32.2. The number of carbonyl (C=O) groups excluding carboxylic acids is 1. The minimum absolute atomic E-state index is 0.290.